The number of carbonyl (C=O) groups is 2. The monoisotopic (exact) mass is 491 g/mol. The van der Waals surface area contributed by atoms with Gasteiger partial charge in [0.25, 0.3) is 0 Å². The van der Waals surface area contributed by atoms with E-state index in [0.29, 0.717) is 24.5 Å². The maximum absolute atomic E-state index is 13.5. The van der Waals surface area contributed by atoms with Crippen molar-refractivity contribution in [1.29, 1.82) is 0 Å². The lowest BCUT2D eigenvalue weighted by Gasteiger charge is -2.27. The molecule has 8 heteroatoms. The molecule has 35 heavy (non-hydrogen) atoms. The van der Waals surface area contributed by atoms with Crippen LogP contribution >= 0.6 is 11.3 Å². The van der Waals surface area contributed by atoms with E-state index in [1.807, 2.05) is 37.3 Å². The molecule has 0 radical (unpaired) electrons. The van der Waals surface area contributed by atoms with Crippen LogP contribution < -0.4 is 5.32 Å². The number of amides is 3. The van der Waals surface area contributed by atoms with Gasteiger partial charge in [-0.2, -0.15) is 0 Å². The average Bonchev–Trinajstić information content (AvgIpc) is 3.51. The summed E-state index contributed by atoms with van der Waals surface area (Å²) in [5, 5.41) is 2.84. The van der Waals surface area contributed by atoms with E-state index in [9.17, 15) is 14.0 Å². The fourth-order valence-corrected chi connectivity index (χ4v) is 4.48. The number of nitrogens with zero attached hydrogens (tertiary/aromatic N) is 2. The lowest BCUT2D eigenvalue weighted by molar-refractivity contribution is -0.133. The molecule has 2 aromatic heterocycles. The van der Waals surface area contributed by atoms with Gasteiger partial charge < -0.3 is 19.5 Å². The van der Waals surface area contributed by atoms with Gasteiger partial charge in [0.15, 0.2) is 0 Å². The first-order valence-electron chi connectivity index (χ1n) is 11.2. The molecule has 4 aromatic rings. The van der Waals surface area contributed by atoms with Crippen molar-refractivity contribution in [2.75, 3.05) is 11.9 Å². The number of hydrogen-bond acceptors (Lipinski definition) is 4. The number of thiophene rings is 1. The average molecular weight is 492 g/mol. The van der Waals surface area contributed by atoms with Crippen LogP contribution in [0.25, 0.3) is 0 Å². The van der Waals surface area contributed by atoms with E-state index in [2.05, 4.69) is 5.32 Å². The molecule has 0 aliphatic carbocycles. The molecule has 4 rings (SSSR count). The number of halogens is 1. The van der Waals surface area contributed by atoms with Crippen LogP contribution in [0.1, 0.15) is 21.1 Å². The number of furan rings is 1. The maximum atomic E-state index is 13.5. The molecule has 180 valence electrons. The van der Waals surface area contributed by atoms with Crippen LogP contribution in [0.4, 0.5) is 14.9 Å². The summed E-state index contributed by atoms with van der Waals surface area (Å²) < 4.78 is 18.8. The van der Waals surface area contributed by atoms with Crippen LogP contribution in [-0.2, 0) is 24.4 Å². The third-order valence-electron chi connectivity index (χ3n) is 5.35. The van der Waals surface area contributed by atoms with Gasteiger partial charge in [-0.15, -0.1) is 11.3 Å². The fourth-order valence-electron chi connectivity index (χ4n) is 3.58. The normalized spacial score (nSPS) is 10.7. The van der Waals surface area contributed by atoms with E-state index in [1.165, 1.54) is 23.3 Å². The van der Waals surface area contributed by atoms with E-state index < -0.39 is 6.03 Å². The number of nitrogens with one attached hydrogen (secondary N) is 1. The third-order valence-corrected chi connectivity index (χ3v) is 6.33. The zero-order valence-electron chi connectivity index (χ0n) is 19.3. The van der Waals surface area contributed by atoms with Gasteiger partial charge in [0, 0.05) is 22.0 Å². The molecule has 3 amide bonds. The summed E-state index contributed by atoms with van der Waals surface area (Å²) in [7, 11) is 0. The highest BCUT2D eigenvalue weighted by Crippen LogP contribution is 2.20. The summed E-state index contributed by atoms with van der Waals surface area (Å²) in [4.78, 5) is 31.9. The number of urea groups is 1. The first kappa shape index (κ1) is 24.2. The van der Waals surface area contributed by atoms with Crippen LogP contribution in [0.15, 0.2) is 89.5 Å². The Bertz CT molecular complexity index is 1240. The molecule has 0 saturated heterocycles. The molecule has 2 heterocycles. The molecule has 0 unspecified atom stereocenters. The highest BCUT2D eigenvalue weighted by molar-refractivity contribution is 7.11. The van der Waals surface area contributed by atoms with Gasteiger partial charge >= 0.3 is 6.03 Å². The van der Waals surface area contributed by atoms with Crippen LogP contribution in [0.2, 0.25) is 0 Å². The predicted molar refractivity (Wildman–Crippen MR) is 134 cm³/mol. The number of rotatable bonds is 9. The van der Waals surface area contributed by atoms with Crippen molar-refractivity contribution in [2.45, 2.75) is 26.6 Å². The van der Waals surface area contributed by atoms with Crippen LogP contribution in [0, 0.1) is 12.7 Å². The second-order valence-electron chi connectivity index (χ2n) is 8.12. The summed E-state index contributed by atoms with van der Waals surface area (Å²) in [6.07, 6.45) is 1.53. The van der Waals surface area contributed by atoms with Crippen molar-refractivity contribution in [3.05, 3.63) is 112 Å². The van der Waals surface area contributed by atoms with Gasteiger partial charge in [-0.05, 0) is 61.0 Å². The van der Waals surface area contributed by atoms with Crippen molar-refractivity contribution in [3.63, 3.8) is 0 Å². The van der Waals surface area contributed by atoms with Crippen molar-refractivity contribution in [1.82, 2.24) is 9.80 Å². The summed E-state index contributed by atoms with van der Waals surface area (Å²) in [5.41, 5.74) is 1.44. The number of benzene rings is 2. The van der Waals surface area contributed by atoms with Crippen molar-refractivity contribution in [3.8, 4) is 0 Å². The second-order valence-corrected chi connectivity index (χ2v) is 9.49. The summed E-state index contributed by atoms with van der Waals surface area (Å²) in [6, 6.07) is 22.3. The van der Waals surface area contributed by atoms with Crippen molar-refractivity contribution in [2.24, 2.45) is 0 Å². The molecule has 0 aliphatic rings. The number of carbonyl (C=O) groups excluding carboxylic acids is 2. The molecule has 1 N–H and O–H groups in total. The molecule has 0 aliphatic heterocycles. The standard InChI is InChI=1S/C27H26FN3O3S/c1-20-9-14-25(35-20)18-30(16-21-10-12-22(28)13-11-21)26(32)19-31(17-24-8-5-15-34-24)27(33)29-23-6-3-2-4-7-23/h2-15H,16-19H2,1H3,(H,29,33). The van der Waals surface area contributed by atoms with Gasteiger partial charge in [-0.25, -0.2) is 9.18 Å². The van der Waals surface area contributed by atoms with Crippen LogP contribution in [-0.4, -0.2) is 28.3 Å². The zero-order chi connectivity index (χ0) is 24.6. The fraction of sp³-hybridized carbons (Fsp3) is 0.185. The first-order valence-corrected chi connectivity index (χ1v) is 12.0. The molecule has 0 spiro atoms. The summed E-state index contributed by atoms with van der Waals surface area (Å²) in [6.45, 7) is 2.69. The lowest BCUT2D eigenvalue weighted by atomic mass is 10.2. The SMILES string of the molecule is Cc1ccc(CN(Cc2ccc(F)cc2)C(=O)CN(Cc2ccco2)C(=O)Nc2ccccc2)s1. The van der Waals surface area contributed by atoms with E-state index >= 15 is 0 Å². The molecular formula is C27H26FN3O3S. The van der Waals surface area contributed by atoms with Gasteiger partial charge in [0.1, 0.15) is 18.1 Å². The molecule has 0 atom stereocenters. The van der Waals surface area contributed by atoms with Crippen LogP contribution in [0.3, 0.4) is 0 Å². The first-order chi connectivity index (χ1) is 17.0. The third kappa shape index (κ3) is 7.04. The van der Waals surface area contributed by atoms with E-state index in [1.54, 1.807) is 52.6 Å². The lowest BCUT2D eigenvalue weighted by Crippen LogP contribution is -2.43. The topological polar surface area (TPSA) is 65.8 Å². The summed E-state index contributed by atoms with van der Waals surface area (Å²) >= 11 is 1.62. The Morgan fingerprint density at radius 1 is 0.886 bits per heavy atom. The minimum Gasteiger partial charge on any atom is -0.467 e. The van der Waals surface area contributed by atoms with E-state index in [0.717, 1.165) is 15.3 Å². The maximum Gasteiger partial charge on any atom is 0.322 e. The van der Waals surface area contributed by atoms with Gasteiger partial charge in [-0.3, -0.25) is 4.79 Å². The predicted octanol–water partition coefficient (Wildman–Crippen LogP) is 6.05. The highest BCUT2D eigenvalue weighted by atomic mass is 32.1. The van der Waals surface area contributed by atoms with Gasteiger partial charge in [-0.1, -0.05) is 30.3 Å². The number of aryl methyl sites for hydroxylation is 1. The Morgan fingerprint density at radius 3 is 2.31 bits per heavy atom. The number of anilines is 1. The van der Waals surface area contributed by atoms with Crippen molar-refractivity contribution < 1.29 is 18.4 Å². The number of para-hydroxylation sites is 1. The molecule has 2 aromatic carbocycles. The van der Waals surface area contributed by atoms with Gasteiger partial charge in [0.05, 0.1) is 19.4 Å². The number of hydrogen-bond donors (Lipinski definition) is 1. The largest absolute Gasteiger partial charge is 0.467 e. The minimum absolute atomic E-state index is 0.139. The Balaban J connectivity index is 1.53. The Morgan fingerprint density at radius 2 is 1.66 bits per heavy atom. The van der Waals surface area contributed by atoms with Crippen LogP contribution in [0.5, 0.6) is 0 Å². The Kier molecular flexibility index (Phi) is 7.95. The summed E-state index contributed by atoms with van der Waals surface area (Å²) in [5.74, 6) is 0.0119. The highest BCUT2D eigenvalue weighted by Gasteiger charge is 2.23. The molecular weight excluding hydrogens is 465 g/mol. The van der Waals surface area contributed by atoms with Gasteiger partial charge in [0.2, 0.25) is 5.91 Å². The van der Waals surface area contributed by atoms with E-state index in [4.69, 9.17) is 4.42 Å². The quantitative estimate of drug-likeness (QED) is 0.310. The zero-order valence-corrected chi connectivity index (χ0v) is 20.1. The molecule has 0 saturated carbocycles. The Hall–Kier alpha value is -3.91. The minimum atomic E-state index is -0.408. The smallest absolute Gasteiger partial charge is 0.322 e. The Labute approximate surface area is 207 Å². The molecule has 0 fully saturated rings. The molecule has 0 bridgehead atoms. The van der Waals surface area contributed by atoms with Crippen molar-refractivity contribution >= 4 is 29.0 Å². The van der Waals surface area contributed by atoms with E-state index in [-0.39, 0.29) is 24.8 Å². The second kappa shape index (κ2) is 11.5. The molecule has 6 nitrogen and oxygen atoms in total.